The topological polar surface area (TPSA) is 79.5 Å². The van der Waals surface area contributed by atoms with Gasteiger partial charge in [0, 0.05) is 13.1 Å². The lowest BCUT2D eigenvalue weighted by Gasteiger charge is -2.42. The minimum absolute atomic E-state index is 0.153. The molecule has 2 aliphatic rings. The van der Waals surface area contributed by atoms with Crippen molar-refractivity contribution in [2.75, 3.05) is 23.7 Å². The summed E-state index contributed by atoms with van der Waals surface area (Å²) in [6.45, 7) is 1.99. The normalized spacial score (nSPS) is 26.2. The van der Waals surface area contributed by atoms with Crippen molar-refractivity contribution in [3.05, 3.63) is 17.8 Å². The van der Waals surface area contributed by atoms with Gasteiger partial charge in [-0.3, -0.25) is 0 Å². The number of nitrogens with zero attached hydrogens (tertiary/aromatic N) is 2. The number of piperidine rings is 1. The molecule has 2 heterocycles. The molecule has 2 bridgehead atoms. The third kappa shape index (κ3) is 2.37. The van der Waals surface area contributed by atoms with Crippen LogP contribution in [0, 0.1) is 11.8 Å². The number of hydrogen-bond acceptors (Lipinski definition) is 4. The number of hydrogen-bond donors (Lipinski definition) is 2. The maximum Gasteiger partial charge on any atom is 0.337 e. The summed E-state index contributed by atoms with van der Waals surface area (Å²) in [4.78, 5) is 17.7. The Hall–Kier alpha value is -1.78. The van der Waals surface area contributed by atoms with Crippen LogP contribution in [-0.4, -0.2) is 29.1 Å². The molecule has 19 heavy (non-hydrogen) atoms. The van der Waals surface area contributed by atoms with Gasteiger partial charge in [-0.15, -0.1) is 0 Å². The maximum absolute atomic E-state index is 11.1. The summed E-state index contributed by atoms with van der Waals surface area (Å²) in [6.07, 6.45) is 6.68. The molecule has 0 aromatic carbocycles. The van der Waals surface area contributed by atoms with E-state index in [-0.39, 0.29) is 11.3 Å². The number of aromatic nitrogens is 1. The first-order valence-corrected chi connectivity index (χ1v) is 6.87. The van der Waals surface area contributed by atoms with Gasteiger partial charge in [-0.2, -0.15) is 0 Å². The molecule has 2 unspecified atom stereocenters. The van der Waals surface area contributed by atoms with E-state index in [9.17, 15) is 4.79 Å². The van der Waals surface area contributed by atoms with Gasteiger partial charge in [0.25, 0.3) is 0 Å². The highest BCUT2D eigenvalue weighted by Gasteiger charge is 2.31. The van der Waals surface area contributed by atoms with Crippen LogP contribution in [0.2, 0.25) is 0 Å². The summed E-state index contributed by atoms with van der Waals surface area (Å²) in [7, 11) is 0. The molecular formula is C14H19N3O2. The predicted molar refractivity (Wildman–Crippen MR) is 73.3 cm³/mol. The molecule has 0 spiro atoms. The summed E-state index contributed by atoms with van der Waals surface area (Å²) in [5.74, 6) is 1.24. The minimum Gasteiger partial charge on any atom is -0.478 e. The van der Waals surface area contributed by atoms with E-state index < -0.39 is 5.97 Å². The zero-order chi connectivity index (χ0) is 13.4. The Morgan fingerprint density at radius 1 is 1.37 bits per heavy atom. The molecule has 0 amide bonds. The van der Waals surface area contributed by atoms with E-state index in [0.717, 1.165) is 30.7 Å². The average Bonchev–Trinajstić information content (AvgIpc) is 2.38. The van der Waals surface area contributed by atoms with Crippen LogP contribution in [-0.2, 0) is 0 Å². The summed E-state index contributed by atoms with van der Waals surface area (Å²) in [6, 6.07) is 1.61. The monoisotopic (exact) mass is 261 g/mol. The minimum atomic E-state index is -0.988. The lowest BCUT2D eigenvalue weighted by atomic mass is 9.78. The Morgan fingerprint density at radius 3 is 2.68 bits per heavy atom. The molecule has 3 rings (SSSR count). The highest BCUT2D eigenvalue weighted by Crippen LogP contribution is 2.36. The van der Waals surface area contributed by atoms with Gasteiger partial charge in [0.2, 0.25) is 0 Å². The van der Waals surface area contributed by atoms with E-state index in [4.69, 9.17) is 10.8 Å². The summed E-state index contributed by atoms with van der Waals surface area (Å²) in [5, 5.41) is 9.12. The fourth-order valence-electron chi connectivity index (χ4n) is 3.43. The zero-order valence-electron chi connectivity index (χ0n) is 10.9. The number of carboxylic acid groups (broad SMARTS) is 1. The summed E-state index contributed by atoms with van der Waals surface area (Å²) < 4.78 is 0. The molecular weight excluding hydrogens is 242 g/mol. The lowest BCUT2D eigenvalue weighted by Crippen LogP contribution is -2.43. The van der Waals surface area contributed by atoms with Crippen molar-refractivity contribution in [3.63, 3.8) is 0 Å². The quantitative estimate of drug-likeness (QED) is 0.851. The van der Waals surface area contributed by atoms with Gasteiger partial charge in [0.05, 0.1) is 17.4 Å². The fourth-order valence-corrected chi connectivity index (χ4v) is 3.43. The van der Waals surface area contributed by atoms with Crippen LogP contribution in [0.5, 0.6) is 0 Å². The van der Waals surface area contributed by atoms with Crippen LogP contribution in [0.3, 0.4) is 0 Å². The standard InChI is InChI=1S/C14H19N3O2/c15-12-6-16-13(5-11(12)14(18)19)17-7-9-2-1-3-10(4-9)8-17/h5-6,9-10H,1-4,7-8,15H2,(H,18,19). The first-order chi connectivity index (χ1) is 9.13. The van der Waals surface area contributed by atoms with Crippen LogP contribution in [0.4, 0.5) is 11.5 Å². The Kier molecular flexibility index (Phi) is 3.05. The second-order valence-electron chi connectivity index (χ2n) is 5.74. The number of rotatable bonds is 2. The Balaban J connectivity index is 1.86. The van der Waals surface area contributed by atoms with E-state index in [2.05, 4.69) is 9.88 Å². The van der Waals surface area contributed by atoms with Crippen molar-refractivity contribution in [2.45, 2.75) is 25.7 Å². The number of fused-ring (bicyclic) bond motifs is 2. The van der Waals surface area contributed by atoms with Gasteiger partial charge in [-0.05, 0) is 37.2 Å². The summed E-state index contributed by atoms with van der Waals surface area (Å²) in [5.41, 5.74) is 6.03. The number of nitrogens with two attached hydrogens (primary N) is 1. The highest BCUT2D eigenvalue weighted by molar-refractivity contribution is 5.94. The molecule has 1 aromatic heterocycles. The third-order valence-corrected chi connectivity index (χ3v) is 4.32. The van der Waals surface area contributed by atoms with E-state index in [0.29, 0.717) is 0 Å². The Labute approximate surface area is 112 Å². The molecule has 3 N–H and O–H groups in total. The zero-order valence-corrected chi connectivity index (χ0v) is 10.9. The average molecular weight is 261 g/mol. The molecule has 102 valence electrons. The first kappa shape index (κ1) is 12.3. The van der Waals surface area contributed by atoms with Crippen LogP contribution in [0.15, 0.2) is 12.3 Å². The van der Waals surface area contributed by atoms with E-state index in [1.54, 1.807) is 6.07 Å². The van der Waals surface area contributed by atoms with Crippen molar-refractivity contribution < 1.29 is 9.90 Å². The van der Waals surface area contributed by atoms with Crippen LogP contribution in [0.1, 0.15) is 36.0 Å². The fraction of sp³-hybridized carbons (Fsp3) is 0.571. The third-order valence-electron chi connectivity index (χ3n) is 4.32. The van der Waals surface area contributed by atoms with E-state index in [1.807, 2.05) is 0 Å². The van der Waals surface area contributed by atoms with Gasteiger partial charge >= 0.3 is 5.97 Å². The van der Waals surface area contributed by atoms with Crippen molar-refractivity contribution in [1.29, 1.82) is 0 Å². The van der Waals surface area contributed by atoms with Gasteiger partial charge in [-0.1, -0.05) is 6.42 Å². The van der Waals surface area contributed by atoms with Crippen molar-refractivity contribution in [3.8, 4) is 0 Å². The van der Waals surface area contributed by atoms with E-state index in [1.165, 1.54) is 31.9 Å². The van der Waals surface area contributed by atoms with Gasteiger partial charge in [-0.25, -0.2) is 9.78 Å². The number of nitrogen functional groups attached to an aromatic ring is 1. The van der Waals surface area contributed by atoms with Crippen LogP contribution in [0.25, 0.3) is 0 Å². The van der Waals surface area contributed by atoms with E-state index >= 15 is 0 Å². The van der Waals surface area contributed by atoms with Crippen molar-refractivity contribution >= 4 is 17.5 Å². The largest absolute Gasteiger partial charge is 0.478 e. The first-order valence-electron chi connectivity index (χ1n) is 6.87. The summed E-state index contributed by atoms with van der Waals surface area (Å²) >= 11 is 0. The molecule has 1 saturated heterocycles. The number of aromatic carboxylic acids is 1. The van der Waals surface area contributed by atoms with Gasteiger partial charge in [0.1, 0.15) is 5.82 Å². The maximum atomic E-state index is 11.1. The van der Waals surface area contributed by atoms with Crippen LogP contribution >= 0.6 is 0 Å². The van der Waals surface area contributed by atoms with Crippen molar-refractivity contribution in [2.24, 2.45) is 11.8 Å². The second kappa shape index (κ2) is 4.72. The SMILES string of the molecule is Nc1cnc(N2CC3CCCC(C3)C2)cc1C(=O)O. The molecule has 1 saturated carbocycles. The molecule has 1 aliphatic carbocycles. The molecule has 1 aliphatic heterocycles. The number of anilines is 2. The number of carboxylic acids is 1. The van der Waals surface area contributed by atoms with Crippen molar-refractivity contribution in [1.82, 2.24) is 4.98 Å². The lowest BCUT2D eigenvalue weighted by molar-refractivity contribution is 0.0698. The molecule has 5 nitrogen and oxygen atoms in total. The number of carbonyl (C=O) groups is 1. The van der Waals surface area contributed by atoms with Gasteiger partial charge < -0.3 is 15.7 Å². The molecule has 2 atom stereocenters. The van der Waals surface area contributed by atoms with Crippen LogP contribution < -0.4 is 10.6 Å². The number of pyridine rings is 1. The molecule has 2 fully saturated rings. The molecule has 1 aromatic rings. The smallest absolute Gasteiger partial charge is 0.337 e. The molecule has 0 radical (unpaired) electrons. The second-order valence-corrected chi connectivity index (χ2v) is 5.74. The molecule has 5 heteroatoms. The van der Waals surface area contributed by atoms with Gasteiger partial charge in [0.15, 0.2) is 0 Å². The Bertz CT molecular complexity index is 491. The Morgan fingerprint density at radius 2 is 2.05 bits per heavy atom. The predicted octanol–water partition coefficient (Wildman–Crippen LogP) is 1.99. The highest BCUT2D eigenvalue weighted by atomic mass is 16.4.